The molecule has 0 spiro atoms. The minimum atomic E-state index is 0.529. The average Bonchev–Trinajstić information content (AvgIpc) is 2.29. The van der Waals surface area contributed by atoms with Crippen LogP contribution < -0.4 is 4.74 Å². The Hall–Kier alpha value is -1.11. The highest BCUT2D eigenvalue weighted by atomic mass is 35.5. The minimum absolute atomic E-state index is 0.529. The molecule has 0 saturated carbocycles. The lowest BCUT2D eigenvalue weighted by Crippen LogP contribution is -2.14. The zero-order chi connectivity index (χ0) is 12.1. The van der Waals surface area contributed by atoms with Crippen molar-refractivity contribution in [1.29, 1.82) is 5.26 Å². The molecule has 0 N–H and O–H groups in total. The summed E-state index contributed by atoms with van der Waals surface area (Å²) in [6, 6.07) is 3.46. The molecule has 0 bridgehead atoms. The standard InChI is InChI=1S/C11H12Cl2N2O/c1-15(7-14)4-3-8-5-10(13)11(16-2)6-9(8)12/h5-6H,3-4H2,1-2H3. The summed E-state index contributed by atoms with van der Waals surface area (Å²) in [5.74, 6) is 0.559. The molecule has 5 heteroatoms. The van der Waals surface area contributed by atoms with Crippen LogP contribution in [0.3, 0.4) is 0 Å². The molecule has 0 heterocycles. The van der Waals surface area contributed by atoms with Gasteiger partial charge in [0.05, 0.1) is 12.1 Å². The highest BCUT2D eigenvalue weighted by Gasteiger charge is 2.08. The number of likely N-dealkylation sites (N-methyl/N-ethyl adjacent to an activating group) is 1. The predicted molar refractivity (Wildman–Crippen MR) is 65.0 cm³/mol. The van der Waals surface area contributed by atoms with Gasteiger partial charge in [0.2, 0.25) is 0 Å². The van der Waals surface area contributed by atoms with Crippen molar-refractivity contribution in [3.8, 4) is 11.9 Å². The summed E-state index contributed by atoms with van der Waals surface area (Å²) >= 11 is 12.1. The van der Waals surface area contributed by atoms with Crippen molar-refractivity contribution in [2.75, 3.05) is 20.7 Å². The summed E-state index contributed by atoms with van der Waals surface area (Å²) in [5, 5.41) is 9.75. The summed E-state index contributed by atoms with van der Waals surface area (Å²) in [6.07, 6.45) is 2.70. The molecule has 0 amide bonds. The van der Waals surface area contributed by atoms with Gasteiger partial charge in [-0.15, -0.1) is 0 Å². The number of rotatable bonds is 4. The Morgan fingerprint density at radius 1 is 1.38 bits per heavy atom. The first-order chi connectivity index (χ1) is 7.58. The number of ether oxygens (including phenoxy) is 1. The Bertz CT molecular complexity index is 415. The molecule has 1 aromatic rings. The second-order valence-corrected chi connectivity index (χ2v) is 4.16. The molecule has 0 radical (unpaired) electrons. The molecule has 0 aliphatic rings. The molecule has 0 atom stereocenters. The third-order valence-electron chi connectivity index (χ3n) is 2.21. The lowest BCUT2D eigenvalue weighted by atomic mass is 10.1. The zero-order valence-electron chi connectivity index (χ0n) is 9.13. The van der Waals surface area contributed by atoms with Gasteiger partial charge in [-0.2, -0.15) is 5.26 Å². The van der Waals surface area contributed by atoms with E-state index in [0.29, 0.717) is 28.8 Å². The van der Waals surface area contributed by atoms with Crippen LogP contribution in [0.25, 0.3) is 0 Å². The van der Waals surface area contributed by atoms with E-state index in [0.717, 1.165) is 5.56 Å². The van der Waals surface area contributed by atoms with Crippen LogP contribution in [-0.2, 0) is 6.42 Å². The number of benzene rings is 1. The summed E-state index contributed by atoms with van der Waals surface area (Å²) in [7, 11) is 3.26. The van der Waals surface area contributed by atoms with Gasteiger partial charge in [-0.1, -0.05) is 23.2 Å². The summed E-state index contributed by atoms with van der Waals surface area (Å²) in [5.41, 5.74) is 0.912. The van der Waals surface area contributed by atoms with E-state index >= 15 is 0 Å². The normalized spacial score (nSPS) is 9.69. The summed E-state index contributed by atoms with van der Waals surface area (Å²) in [4.78, 5) is 1.54. The van der Waals surface area contributed by atoms with Gasteiger partial charge < -0.3 is 9.64 Å². The van der Waals surface area contributed by atoms with Gasteiger partial charge in [-0.3, -0.25) is 0 Å². The van der Waals surface area contributed by atoms with Gasteiger partial charge in [-0.05, 0) is 18.1 Å². The van der Waals surface area contributed by atoms with Crippen molar-refractivity contribution >= 4 is 23.2 Å². The van der Waals surface area contributed by atoms with Crippen molar-refractivity contribution in [1.82, 2.24) is 4.90 Å². The molecule has 0 unspecified atom stereocenters. The quantitative estimate of drug-likeness (QED) is 0.616. The van der Waals surface area contributed by atoms with E-state index in [1.807, 2.05) is 6.19 Å². The number of hydrogen-bond donors (Lipinski definition) is 0. The lowest BCUT2D eigenvalue weighted by Gasteiger charge is -2.11. The Kier molecular flexibility index (Phi) is 4.72. The number of nitriles is 1. The fraction of sp³-hybridized carbons (Fsp3) is 0.364. The second-order valence-electron chi connectivity index (χ2n) is 3.35. The van der Waals surface area contributed by atoms with Gasteiger partial charge in [0.25, 0.3) is 0 Å². The topological polar surface area (TPSA) is 36.3 Å². The molecule has 16 heavy (non-hydrogen) atoms. The van der Waals surface area contributed by atoms with Crippen molar-refractivity contribution in [2.45, 2.75) is 6.42 Å². The van der Waals surface area contributed by atoms with Crippen LogP contribution in [0.2, 0.25) is 10.0 Å². The van der Waals surface area contributed by atoms with Gasteiger partial charge >= 0.3 is 0 Å². The first kappa shape index (κ1) is 13.0. The first-order valence-electron chi connectivity index (χ1n) is 4.71. The summed E-state index contributed by atoms with van der Waals surface area (Å²) in [6.45, 7) is 0.610. The molecule has 0 aliphatic carbocycles. The average molecular weight is 259 g/mol. The Morgan fingerprint density at radius 2 is 2.06 bits per heavy atom. The van der Waals surface area contributed by atoms with Crippen molar-refractivity contribution in [3.05, 3.63) is 27.7 Å². The van der Waals surface area contributed by atoms with E-state index in [1.165, 1.54) is 4.90 Å². The first-order valence-corrected chi connectivity index (χ1v) is 5.47. The van der Waals surface area contributed by atoms with Crippen molar-refractivity contribution < 1.29 is 4.74 Å². The van der Waals surface area contributed by atoms with Crippen molar-refractivity contribution in [2.24, 2.45) is 0 Å². The largest absolute Gasteiger partial charge is 0.495 e. The SMILES string of the molecule is COc1cc(Cl)c(CCN(C)C#N)cc1Cl. The van der Waals surface area contributed by atoms with Crippen LogP contribution in [0.1, 0.15) is 5.56 Å². The Balaban J connectivity index is 2.82. The number of hydrogen-bond acceptors (Lipinski definition) is 3. The molecule has 0 fully saturated rings. The molecular formula is C11H12Cl2N2O. The third kappa shape index (κ3) is 3.19. The number of nitrogens with zero attached hydrogens (tertiary/aromatic N) is 2. The Morgan fingerprint density at radius 3 is 2.62 bits per heavy atom. The van der Waals surface area contributed by atoms with Crippen LogP contribution >= 0.6 is 23.2 Å². The highest BCUT2D eigenvalue weighted by Crippen LogP contribution is 2.31. The smallest absolute Gasteiger partial charge is 0.179 e. The fourth-order valence-electron chi connectivity index (χ4n) is 1.26. The van der Waals surface area contributed by atoms with E-state index in [9.17, 15) is 0 Å². The summed E-state index contributed by atoms with van der Waals surface area (Å²) < 4.78 is 5.05. The van der Waals surface area contributed by atoms with E-state index in [4.69, 9.17) is 33.2 Å². The van der Waals surface area contributed by atoms with Crippen LogP contribution in [0.5, 0.6) is 5.75 Å². The van der Waals surface area contributed by atoms with Gasteiger partial charge in [0.15, 0.2) is 6.19 Å². The van der Waals surface area contributed by atoms with Gasteiger partial charge in [-0.25, -0.2) is 0 Å². The zero-order valence-corrected chi connectivity index (χ0v) is 10.6. The molecule has 86 valence electrons. The molecular weight excluding hydrogens is 247 g/mol. The maximum atomic E-state index is 8.62. The number of methoxy groups -OCH3 is 1. The van der Waals surface area contributed by atoms with Crippen LogP contribution in [0.4, 0.5) is 0 Å². The molecule has 0 aromatic heterocycles. The van der Waals surface area contributed by atoms with Gasteiger partial charge in [0, 0.05) is 24.7 Å². The molecule has 0 aliphatic heterocycles. The van der Waals surface area contributed by atoms with Crippen LogP contribution in [-0.4, -0.2) is 25.6 Å². The van der Waals surface area contributed by atoms with Crippen LogP contribution in [0.15, 0.2) is 12.1 Å². The molecule has 0 saturated heterocycles. The molecule has 1 rings (SSSR count). The predicted octanol–water partition coefficient (Wildman–Crippen LogP) is 2.96. The van der Waals surface area contributed by atoms with E-state index in [1.54, 1.807) is 26.3 Å². The maximum absolute atomic E-state index is 8.62. The van der Waals surface area contributed by atoms with Crippen molar-refractivity contribution in [3.63, 3.8) is 0 Å². The van der Waals surface area contributed by atoms with E-state index in [-0.39, 0.29) is 0 Å². The van der Waals surface area contributed by atoms with E-state index in [2.05, 4.69) is 0 Å². The number of halogens is 2. The Labute approximate surface area is 105 Å². The maximum Gasteiger partial charge on any atom is 0.179 e. The molecule has 3 nitrogen and oxygen atoms in total. The minimum Gasteiger partial charge on any atom is -0.495 e. The lowest BCUT2D eigenvalue weighted by molar-refractivity contribution is 0.414. The second kappa shape index (κ2) is 5.83. The van der Waals surface area contributed by atoms with E-state index < -0.39 is 0 Å². The monoisotopic (exact) mass is 258 g/mol. The molecule has 1 aromatic carbocycles. The fourth-order valence-corrected chi connectivity index (χ4v) is 1.77. The third-order valence-corrected chi connectivity index (χ3v) is 2.86. The van der Waals surface area contributed by atoms with Crippen LogP contribution in [0, 0.1) is 11.5 Å². The highest BCUT2D eigenvalue weighted by molar-refractivity contribution is 6.34. The van der Waals surface area contributed by atoms with Gasteiger partial charge in [0.1, 0.15) is 5.75 Å².